The maximum Gasteiger partial charge on any atom is 0.0546 e. The molecular weight excluding hydrogens is 389 g/mol. The highest BCUT2D eigenvalue weighted by atomic mass is 79.9. The Morgan fingerprint density at radius 2 is 1.90 bits per heavy atom. The van der Waals surface area contributed by atoms with Gasteiger partial charge in [0.05, 0.1) is 5.02 Å². The Morgan fingerprint density at radius 1 is 1.14 bits per heavy atom. The largest absolute Gasteiger partial charge is 0.310 e. The number of halogens is 3. The van der Waals surface area contributed by atoms with Crippen molar-refractivity contribution in [2.75, 3.05) is 6.54 Å². The molecule has 1 atom stereocenters. The highest BCUT2D eigenvalue weighted by Gasteiger charge is 2.13. The van der Waals surface area contributed by atoms with Crippen molar-refractivity contribution >= 4 is 50.9 Å². The van der Waals surface area contributed by atoms with Crippen LogP contribution in [0.15, 0.2) is 50.7 Å². The van der Waals surface area contributed by atoms with Gasteiger partial charge in [-0.3, -0.25) is 0 Å². The fourth-order valence-electron chi connectivity index (χ4n) is 2.04. The van der Waals surface area contributed by atoms with E-state index in [9.17, 15) is 0 Å². The van der Waals surface area contributed by atoms with Crippen molar-refractivity contribution < 1.29 is 0 Å². The Kier molecular flexibility index (Phi) is 6.45. The van der Waals surface area contributed by atoms with Crippen molar-refractivity contribution in [3.05, 3.63) is 56.5 Å². The minimum Gasteiger partial charge on any atom is -0.310 e. The number of hydrogen-bond acceptors (Lipinski definition) is 2. The molecule has 0 aromatic heterocycles. The van der Waals surface area contributed by atoms with Crippen LogP contribution in [0.2, 0.25) is 10.0 Å². The summed E-state index contributed by atoms with van der Waals surface area (Å²) in [5.74, 6) is 0. The average molecular weight is 405 g/mol. The standard InChI is InChI=1S/C16H16BrCl2NS/c1-3-20-10(2)13-6-4-11(17)8-15(13)21-16-9-12(18)5-7-14(16)19/h4-10,20H,3H2,1-2H3. The molecule has 0 aliphatic rings. The zero-order valence-corrected chi connectivity index (χ0v) is 15.7. The Balaban J connectivity index is 2.38. The van der Waals surface area contributed by atoms with Gasteiger partial charge in [0.1, 0.15) is 0 Å². The van der Waals surface area contributed by atoms with Crippen LogP contribution in [-0.2, 0) is 0 Å². The molecule has 0 bridgehead atoms. The predicted octanol–water partition coefficient (Wildman–Crippen LogP) is 6.58. The summed E-state index contributed by atoms with van der Waals surface area (Å²) in [7, 11) is 0. The van der Waals surface area contributed by atoms with Crippen LogP contribution in [0.1, 0.15) is 25.5 Å². The second kappa shape index (κ2) is 7.89. The van der Waals surface area contributed by atoms with E-state index in [1.807, 2.05) is 12.1 Å². The molecule has 0 spiro atoms. The molecule has 0 amide bonds. The van der Waals surface area contributed by atoms with E-state index in [-0.39, 0.29) is 6.04 Å². The third-order valence-electron chi connectivity index (χ3n) is 3.07. The first-order chi connectivity index (χ1) is 10.0. The normalized spacial score (nSPS) is 12.4. The lowest BCUT2D eigenvalue weighted by atomic mass is 10.1. The zero-order valence-electron chi connectivity index (χ0n) is 11.8. The van der Waals surface area contributed by atoms with Gasteiger partial charge in [-0.1, -0.05) is 63.9 Å². The molecule has 1 unspecified atom stereocenters. The third-order valence-corrected chi connectivity index (χ3v) is 5.37. The summed E-state index contributed by atoms with van der Waals surface area (Å²) in [6.45, 7) is 5.20. The first-order valence-corrected chi connectivity index (χ1v) is 9.03. The van der Waals surface area contributed by atoms with E-state index in [0.717, 1.165) is 15.9 Å². The smallest absolute Gasteiger partial charge is 0.0546 e. The molecule has 1 N–H and O–H groups in total. The molecule has 0 heterocycles. The highest BCUT2D eigenvalue weighted by molar-refractivity contribution is 9.10. The summed E-state index contributed by atoms with van der Waals surface area (Å²) in [6.07, 6.45) is 0. The topological polar surface area (TPSA) is 12.0 Å². The molecule has 1 nitrogen and oxygen atoms in total. The summed E-state index contributed by atoms with van der Waals surface area (Å²) in [5, 5.41) is 4.85. The second-order valence-electron chi connectivity index (χ2n) is 4.64. The molecule has 2 aromatic carbocycles. The number of hydrogen-bond donors (Lipinski definition) is 1. The highest BCUT2D eigenvalue weighted by Crippen LogP contribution is 2.39. The summed E-state index contributed by atoms with van der Waals surface area (Å²) < 4.78 is 1.05. The van der Waals surface area contributed by atoms with E-state index in [1.165, 1.54) is 10.5 Å². The summed E-state index contributed by atoms with van der Waals surface area (Å²) >= 11 is 17.5. The van der Waals surface area contributed by atoms with E-state index in [2.05, 4.69) is 53.3 Å². The van der Waals surface area contributed by atoms with Crippen molar-refractivity contribution in [2.24, 2.45) is 0 Å². The monoisotopic (exact) mass is 403 g/mol. The minimum atomic E-state index is 0.281. The fraction of sp³-hybridized carbons (Fsp3) is 0.250. The van der Waals surface area contributed by atoms with Crippen molar-refractivity contribution in [3.8, 4) is 0 Å². The Morgan fingerprint density at radius 3 is 2.62 bits per heavy atom. The quantitative estimate of drug-likeness (QED) is 0.603. The number of benzene rings is 2. The Labute approximate surface area is 148 Å². The lowest BCUT2D eigenvalue weighted by Gasteiger charge is -2.17. The average Bonchev–Trinajstić information content (AvgIpc) is 2.43. The van der Waals surface area contributed by atoms with Crippen LogP contribution in [0.3, 0.4) is 0 Å². The summed E-state index contributed by atoms with van der Waals surface area (Å²) in [5.41, 5.74) is 1.25. The lowest BCUT2D eigenvalue weighted by molar-refractivity contribution is 0.589. The van der Waals surface area contributed by atoms with Crippen LogP contribution in [0.5, 0.6) is 0 Å². The molecule has 2 rings (SSSR count). The van der Waals surface area contributed by atoms with Gasteiger partial charge < -0.3 is 5.32 Å². The van der Waals surface area contributed by atoms with Crippen LogP contribution in [-0.4, -0.2) is 6.54 Å². The lowest BCUT2D eigenvalue weighted by Crippen LogP contribution is -2.18. The van der Waals surface area contributed by atoms with Crippen LogP contribution < -0.4 is 5.32 Å². The molecule has 112 valence electrons. The van der Waals surface area contributed by atoms with E-state index >= 15 is 0 Å². The van der Waals surface area contributed by atoms with Crippen molar-refractivity contribution in [1.29, 1.82) is 0 Å². The maximum absolute atomic E-state index is 6.27. The van der Waals surface area contributed by atoms with Gasteiger partial charge in [0.15, 0.2) is 0 Å². The second-order valence-corrected chi connectivity index (χ2v) is 7.48. The number of nitrogens with one attached hydrogen (secondary N) is 1. The summed E-state index contributed by atoms with van der Waals surface area (Å²) in [4.78, 5) is 2.13. The number of rotatable bonds is 5. The van der Waals surface area contributed by atoms with E-state index in [1.54, 1.807) is 17.8 Å². The van der Waals surface area contributed by atoms with Crippen molar-refractivity contribution in [2.45, 2.75) is 29.7 Å². The molecule has 0 saturated carbocycles. The van der Waals surface area contributed by atoms with E-state index in [0.29, 0.717) is 10.0 Å². The van der Waals surface area contributed by atoms with Gasteiger partial charge >= 0.3 is 0 Å². The van der Waals surface area contributed by atoms with E-state index in [4.69, 9.17) is 23.2 Å². The van der Waals surface area contributed by atoms with E-state index < -0.39 is 0 Å². The van der Waals surface area contributed by atoms with Crippen LogP contribution in [0, 0.1) is 0 Å². The van der Waals surface area contributed by atoms with Gasteiger partial charge in [0, 0.05) is 25.3 Å². The maximum atomic E-state index is 6.27. The minimum absolute atomic E-state index is 0.281. The molecule has 0 aliphatic carbocycles. The van der Waals surface area contributed by atoms with Crippen molar-refractivity contribution in [3.63, 3.8) is 0 Å². The van der Waals surface area contributed by atoms with Gasteiger partial charge in [0.2, 0.25) is 0 Å². The molecule has 0 fully saturated rings. The molecular formula is C16H16BrCl2NS. The van der Waals surface area contributed by atoms with Gasteiger partial charge in [0.25, 0.3) is 0 Å². The van der Waals surface area contributed by atoms with Gasteiger partial charge in [-0.2, -0.15) is 0 Å². The molecule has 21 heavy (non-hydrogen) atoms. The van der Waals surface area contributed by atoms with Gasteiger partial charge in [-0.05, 0) is 49.4 Å². The zero-order chi connectivity index (χ0) is 15.4. The summed E-state index contributed by atoms with van der Waals surface area (Å²) in [6, 6.07) is 12.1. The predicted molar refractivity (Wildman–Crippen MR) is 96.8 cm³/mol. The van der Waals surface area contributed by atoms with Gasteiger partial charge in [-0.25, -0.2) is 0 Å². The first kappa shape index (κ1) is 17.2. The molecule has 0 radical (unpaired) electrons. The molecule has 0 aliphatic heterocycles. The van der Waals surface area contributed by atoms with Crippen molar-refractivity contribution in [1.82, 2.24) is 5.32 Å². The Hall–Kier alpha value is -0.190. The van der Waals surface area contributed by atoms with Crippen LogP contribution in [0.25, 0.3) is 0 Å². The molecule has 0 saturated heterocycles. The Bertz CT molecular complexity index is 634. The third kappa shape index (κ3) is 4.64. The molecule has 5 heteroatoms. The SMILES string of the molecule is CCNC(C)c1ccc(Br)cc1Sc1cc(Cl)ccc1Cl. The fourth-order valence-corrected chi connectivity index (χ4v) is 4.16. The first-order valence-electron chi connectivity index (χ1n) is 6.67. The van der Waals surface area contributed by atoms with Crippen LogP contribution >= 0.6 is 50.9 Å². The molecule has 2 aromatic rings. The van der Waals surface area contributed by atoms with Crippen LogP contribution in [0.4, 0.5) is 0 Å². The van der Waals surface area contributed by atoms with Gasteiger partial charge in [-0.15, -0.1) is 0 Å².